The van der Waals surface area contributed by atoms with E-state index in [-0.39, 0.29) is 0 Å². The zero-order valence-corrected chi connectivity index (χ0v) is 10.9. The Bertz CT molecular complexity index is 327. The highest BCUT2D eigenvalue weighted by molar-refractivity contribution is 4.76. The topological polar surface area (TPSA) is 55.6 Å². The lowest BCUT2D eigenvalue weighted by Gasteiger charge is -2.26. The zero-order valence-electron chi connectivity index (χ0n) is 10.9. The fourth-order valence-electron chi connectivity index (χ4n) is 2.52. The number of hydrogen-bond acceptors (Lipinski definition) is 4. The third-order valence-corrected chi connectivity index (χ3v) is 3.70. The Morgan fingerprint density at radius 3 is 2.71 bits per heavy atom. The van der Waals surface area contributed by atoms with Gasteiger partial charge in [0, 0.05) is 0 Å². The van der Waals surface area contributed by atoms with Crippen LogP contribution in [0.4, 0.5) is 0 Å². The van der Waals surface area contributed by atoms with Crippen molar-refractivity contribution in [2.45, 2.75) is 45.6 Å². The van der Waals surface area contributed by atoms with Crippen LogP contribution in [0.15, 0.2) is 0 Å². The fraction of sp³-hybridized carbons (Fsp3) is 0.917. The largest absolute Gasteiger partial charge is 0.310 e. The number of aryl methyl sites for hydroxylation is 1. The first-order valence-corrected chi connectivity index (χ1v) is 6.67. The van der Waals surface area contributed by atoms with Gasteiger partial charge in [-0.2, -0.15) is 4.80 Å². The minimum atomic E-state index is 0.733. The molecule has 1 saturated carbocycles. The molecule has 0 unspecified atom stereocenters. The summed E-state index contributed by atoms with van der Waals surface area (Å²) in [7, 11) is 1.79. The Hall–Kier alpha value is -0.970. The molecule has 1 aliphatic carbocycles. The molecule has 5 heteroatoms. The van der Waals surface area contributed by atoms with Crippen molar-refractivity contribution in [2.24, 2.45) is 18.9 Å². The van der Waals surface area contributed by atoms with Gasteiger partial charge in [-0.3, -0.25) is 0 Å². The highest BCUT2D eigenvalue weighted by Crippen LogP contribution is 2.29. The molecule has 1 aliphatic rings. The third kappa shape index (κ3) is 4.07. The number of hydrogen-bond donors (Lipinski definition) is 1. The maximum atomic E-state index is 4.14. The second-order valence-corrected chi connectivity index (χ2v) is 5.29. The average molecular weight is 237 g/mol. The Labute approximate surface area is 103 Å². The van der Waals surface area contributed by atoms with E-state index in [4.69, 9.17) is 0 Å². The lowest BCUT2D eigenvalue weighted by atomic mass is 9.81. The lowest BCUT2D eigenvalue weighted by Crippen LogP contribution is -2.21. The van der Waals surface area contributed by atoms with Gasteiger partial charge in [0.1, 0.15) is 0 Å². The molecular formula is C12H23N5. The molecule has 96 valence electrons. The van der Waals surface area contributed by atoms with Crippen LogP contribution in [0.1, 0.15) is 44.9 Å². The van der Waals surface area contributed by atoms with Gasteiger partial charge in [-0.15, -0.1) is 10.2 Å². The molecule has 1 aromatic heterocycles. The Balaban J connectivity index is 1.57. The van der Waals surface area contributed by atoms with Crippen molar-refractivity contribution in [3.05, 3.63) is 5.82 Å². The van der Waals surface area contributed by atoms with Crippen molar-refractivity contribution in [3.63, 3.8) is 0 Å². The van der Waals surface area contributed by atoms with E-state index in [1.54, 1.807) is 7.05 Å². The fourth-order valence-corrected chi connectivity index (χ4v) is 2.52. The highest BCUT2D eigenvalue weighted by Gasteiger charge is 2.17. The van der Waals surface area contributed by atoms with Gasteiger partial charge in [0.15, 0.2) is 5.82 Å². The molecule has 2 rings (SSSR count). The highest BCUT2D eigenvalue weighted by atomic mass is 15.6. The molecule has 0 amide bonds. The van der Waals surface area contributed by atoms with Crippen LogP contribution in [-0.4, -0.2) is 26.8 Å². The summed E-state index contributed by atoms with van der Waals surface area (Å²) in [4.78, 5) is 1.50. The summed E-state index contributed by atoms with van der Waals surface area (Å²) < 4.78 is 0. The van der Waals surface area contributed by atoms with E-state index in [9.17, 15) is 0 Å². The molecular weight excluding hydrogens is 214 g/mol. The first kappa shape index (κ1) is 12.5. The third-order valence-electron chi connectivity index (χ3n) is 3.70. The van der Waals surface area contributed by atoms with Gasteiger partial charge < -0.3 is 5.32 Å². The first-order chi connectivity index (χ1) is 8.24. The van der Waals surface area contributed by atoms with Gasteiger partial charge >= 0.3 is 0 Å². The Morgan fingerprint density at radius 2 is 2.06 bits per heavy atom. The van der Waals surface area contributed by atoms with Crippen LogP contribution < -0.4 is 5.32 Å². The van der Waals surface area contributed by atoms with E-state index in [0.29, 0.717) is 0 Å². The quantitative estimate of drug-likeness (QED) is 0.789. The molecule has 0 aromatic carbocycles. The van der Waals surface area contributed by atoms with Crippen LogP contribution >= 0.6 is 0 Å². The Kier molecular flexibility index (Phi) is 4.48. The summed E-state index contributed by atoms with van der Waals surface area (Å²) in [5.74, 6) is 2.65. The number of aromatic nitrogens is 4. The summed E-state index contributed by atoms with van der Waals surface area (Å²) in [6.07, 6.45) is 6.93. The molecule has 0 radical (unpaired) electrons. The van der Waals surface area contributed by atoms with E-state index >= 15 is 0 Å². The van der Waals surface area contributed by atoms with Crippen LogP contribution in [0, 0.1) is 11.8 Å². The number of nitrogens with zero attached hydrogens (tertiary/aromatic N) is 4. The Morgan fingerprint density at radius 1 is 1.29 bits per heavy atom. The number of rotatable bonds is 5. The normalized spacial score (nSPS) is 25.1. The standard InChI is InChI=1S/C12H23N5/c1-10-3-5-11(6-4-10)7-8-13-9-12-14-16-17(2)15-12/h10-11,13H,3-9H2,1-2H3. The predicted octanol–water partition coefficient (Wildman–Crippen LogP) is 1.52. The van der Waals surface area contributed by atoms with Crippen LogP contribution in [0.3, 0.4) is 0 Å². The molecule has 0 spiro atoms. The zero-order chi connectivity index (χ0) is 12.1. The van der Waals surface area contributed by atoms with Crippen molar-refractivity contribution in [1.29, 1.82) is 0 Å². The summed E-state index contributed by atoms with van der Waals surface area (Å²) in [6.45, 7) is 4.17. The summed E-state index contributed by atoms with van der Waals surface area (Å²) in [5, 5.41) is 15.3. The summed E-state index contributed by atoms with van der Waals surface area (Å²) in [6, 6.07) is 0. The molecule has 0 saturated heterocycles. The second kappa shape index (κ2) is 6.10. The molecule has 5 nitrogen and oxygen atoms in total. The van der Waals surface area contributed by atoms with E-state index in [0.717, 1.165) is 30.7 Å². The van der Waals surface area contributed by atoms with Crippen LogP contribution in [0.2, 0.25) is 0 Å². The van der Waals surface area contributed by atoms with Crippen molar-refractivity contribution in [1.82, 2.24) is 25.5 Å². The molecule has 0 aliphatic heterocycles. The summed E-state index contributed by atoms with van der Waals surface area (Å²) in [5.41, 5.74) is 0. The molecule has 0 bridgehead atoms. The van der Waals surface area contributed by atoms with Gasteiger partial charge in [-0.25, -0.2) is 0 Å². The van der Waals surface area contributed by atoms with Gasteiger partial charge in [0.05, 0.1) is 13.6 Å². The van der Waals surface area contributed by atoms with Crippen molar-refractivity contribution >= 4 is 0 Å². The summed E-state index contributed by atoms with van der Waals surface area (Å²) >= 11 is 0. The molecule has 17 heavy (non-hydrogen) atoms. The van der Waals surface area contributed by atoms with E-state index < -0.39 is 0 Å². The van der Waals surface area contributed by atoms with Gasteiger partial charge in [0.25, 0.3) is 0 Å². The average Bonchev–Trinajstić information content (AvgIpc) is 2.73. The van der Waals surface area contributed by atoms with Crippen LogP contribution in [0.5, 0.6) is 0 Å². The first-order valence-electron chi connectivity index (χ1n) is 6.67. The monoisotopic (exact) mass is 237 g/mol. The van der Waals surface area contributed by atoms with Gasteiger partial charge in [0.2, 0.25) is 0 Å². The van der Waals surface area contributed by atoms with Gasteiger partial charge in [-0.1, -0.05) is 32.6 Å². The molecule has 1 fully saturated rings. The van der Waals surface area contributed by atoms with E-state index in [1.807, 2.05) is 0 Å². The number of tetrazole rings is 1. The lowest BCUT2D eigenvalue weighted by molar-refractivity contribution is 0.275. The van der Waals surface area contributed by atoms with Gasteiger partial charge in [-0.05, 0) is 30.0 Å². The molecule has 1 N–H and O–H groups in total. The second-order valence-electron chi connectivity index (χ2n) is 5.29. The maximum Gasteiger partial charge on any atom is 0.188 e. The molecule has 1 aromatic rings. The van der Waals surface area contributed by atoms with E-state index in [2.05, 4.69) is 27.7 Å². The SMILES string of the molecule is CC1CCC(CCNCc2nnn(C)n2)CC1. The van der Waals surface area contributed by atoms with Crippen molar-refractivity contribution < 1.29 is 0 Å². The smallest absolute Gasteiger partial charge is 0.188 e. The molecule has 0 atom stereocenters. The van der Waals surface area contributed by atoms with Crippen LogP contribution in [0.25, 0.3) is 0 Å². The minimum absolute atomic E-state index is 0.733. The molecule has 1 heterocycles. The van der Waals surface area contributed by atoms with Crippen molar-refractivity contribution in [3.8, 4) is 0 Å². The maximum absolute atomic E-state index is 4.14. The van der Waals surface area contributed by atoms with Crippen molar-refractivity contribution in [2.75, 3.05) is 6.54 Å². The predicted molar refractivity (Wildman–Crippen MR) is 66.2 cm³/mol. The van der Waals surface area contributed by atoms with E-state index in [1.165, 1.54) is 36.9 Å². The van der Waals surface area contributed by atoms with Crippen LogP contribution in [-0.2, 0) is 13.6 Å². The number of nitrogens with one attached hydrogen (secondary N) is 1. The minimum Gasteiger partial charge on any atom is -0.310 e.